The molecule has 0 unspecified atom stereocenters. The zero-order valence-electron chi connectivity index (χ0n) is 12.2. The van der Waals surface area contributed by atoms with E-state index in [2.05, 4.69) is 10.3 Å². The molecule has 0 radical (unpaired) electrons. The van der Waals surface area contributed by atoms with Gasteiger partial charge in [-0.1, -0.05) is 17.7 Å². The average Bonchev–Trinajstić information content (AvgIpc) is 2.50. The molecule has 5 heteroatoms. The summed E-state index contributed by atoms with van der Waals surface area (Å²) in [6.45, 7) is 5.58. The van der Waals surface area contributed by atoms with E-state index in [0.717, 1.165) is 11.4 Å². The van der Waals surface area contributed by atoms with Crippen LogP contribution in [0, 0.1) is 0 Å². The topological polar surface area (TPSA) is 43.4 Å². The van der Waals surface area contributed by atoms with Crippen LogP contribution < -0.4 is 14.8 Å². The normalized spacial score (nSPS) is 10.2. The molecule has 0 aliphatic heterocycles. The van der Waals surface area contributed by atoms with Crippen molar-refractivity contribution in [2.75, 3.05) is 18.5 Å². The number of anilines is 1. The van der Waals surface area contributed by atoms with Gasteiger partial charge >= 0.3 is 0 Å². The lowest BCUT2D eigenvalue weighted by Gasteiger charge is -2.14. The predicted molar refractivity (Wildman–Crippen MR) is 85.4 cm³/mol. The molecule has 0 bridgehead atoms. The van der Waals surface area contributed by atoms with E-state index in [1.165, 1.54) is 0 Å². The highest BCUT2D eigenvalue weighted by atomic mass is 35.5. The minimum atomic E-state index is 0.547. The number of nitrogens with one attached hydrogen (secondary N) is 1. The molecule has 0 saturated heterocycles. The Morgan fingerprint density at radius 2 is 1.95 bits per heavy atom. The highest BCUT2D eigenvalue weighted by Gasteiger charge is 2.12. The number of pyridine rings is 1. The van der Waals surface area contributed by atoms with Crippen molar-refractivity contribution in [3.63, 3.8) is 0 Å². The molecule has 1 aromatic heterocycles. The standard InChI is InChI=1S/C16H19ClN2O2/c1-3-20-14-10-12(9-13(17)16(14)21-4-2)11-19-15-7-5-6-8-18-15/h5-10H,3-4,11H2,1-2H3,(H,18,19). The molecule has 2 rings (SSSR count). The summed E-state index contributed by atoms with van der Waals surface area (Å²) in [4.78, 5) is 4.22. The monoisotopic (exact) mass is 306 g/mol. The van der Waals surface area contributed by atoms with Crippen LogP contribution in [0.25, 0.3) is 0 Å². The Hall–Kier alpha value is -1.94. The van der Waals surface area contributed by atoms with Crippen molar-refractivity contribution < 1.29 is 9.47 Å². The van der Waals surface area contributed by atoms with Gasteiger partial charge in [0.1, 0.15) is 5.82 Å². The third-order valence-corrected chi connectivity index (χ3v) is 3.08. The molecule has 112 valence electrons. The Balaban J connectivity index is 2.16. The second kappa shape index (κ2) is 7.74. The average molecular weight is 307 g/mol. The quantitative estimate of drug-likeness (QED) is 0.834. The van der Waals surface area contributed by atoms with Gasteiger partial charge < -0.3 is 14.8 Å². The first kappa shape index (κ1) is 15.4. The molecule has 1 N–H and O–H groups in total. The highest BCUT2D eigenvalue weighted by Crippen LogP contribution is 2.36. The van der Waals surface area contributed by atoms with Gasteiger partial charge in [-0.2, -0.15) is 0 Å². The summed E-state index contributed by atoms with van der Waals surface area (Å²) in [6, 6.07) is 9.55. The Bertz CT molecular complexity index is 576. The van der Waals surface area contributed by atoms with Gasteiger partial charge in [-0.25, -0.2) is 4.98 Å². The number of ether oxygens (including phenoxy) is 2. The van der Waals surface area contributed by atoms with E-state index in [9.17, 15) is 0 Å². The van der Waals surface area contributed by atoms with Crippen LogP contribution in [-0.2, 0) is 6.54 Å². The van der Waals surface area contributed by atoms with Gasteiger partial charge in [-0.05, 0) is 43.7 Å². The summed E-state index contributed by atoms with van der Waals surface area (Å²) < 4.78 is 11.2. The third kappa shape index (κ3) is 4.26. The number of nitrogens with zero attached hydrogens (tertiary/aromatic N) is 1. The lowest BCUT2D eigenvalue weighted by Crippen LogP contribution is -2.04. The first-order valence-corrected chi connectivity index (χ1v) is 7.35. The van der Waals surface area contributed by atoms with Crippen LogP contribution in [-0.4, -0.2) is 18.2 Å². The molecule has 0 saturated carbocycles. The minimum absolute atomic E-state index is 0.547. The third-order valence-electron chi connectivity index (χ3n) is 2.80. The van der Waals surface area contributed by atoms with Gasteiger partial charge in [-0.15, -0.1) is 0 Å². The van der Waals surface area contributed by atoms with E-state index < -0.39 is 0 Å². The second-order valence-corrected chi connectivity index (χ2v) is 4.75. The van der Waals surface area contributed by atoms with E-state index in [0.29, 0.717) is 36.3 Å². The largest absolute Gasteiger partial charge is 0.490 e. The lowest BCUT2D eigenvalue weighted by molar-refractivity contribution is 0.287. The summed E-state index contributed by atoms with van der Waals surface area (Å²) in [7, 11) is 0. The molecule has 1 heterocycles. The van der Waals surface area contributed by atoms with Crippen molar-refractivity contribution >= 4 is 17.4 Å². The summed E-state index contributed by atoms with van der Waals surface area (Å²) >= 11 is 6.28. The number of aromatic nitrogens is 1. The van der Waals surface area contributed by atoms with Gasteiger partial charge in [-0.3, -0.25) is 0 Å². The molecule has 4 nitrogen and oxygen atoms in total. The zero-order chi connectivity index (χ0) is 15.1. The Labute approximate surface area is 130 Å². The Kier molecular flexibility index (Phi) is 5.69. The molecule has 2 aromatic rings. The van der Waals surface area contributed by atoms with Crippen molar-refractivity contribution in [2.24, 2.45) is 0 Å². The van der Waals surface area contributed by atoms with Crippen molar-refractivity contribution in [3.05, 3.63) is 47.1 Å². The first-order valence-electron chi connectivity index (χ1n) is 6.97. The second-order valence-electron chi connectivity index (χ2n) is 4.34. The van der Waals surface area contributed by atoms with Crippen molar-refractivity contribution in [1.29, 1.82) is 0 Å². The fourth-order valence-corrected chi connectivity index (χ4v) is 2.22. The van der Waals surface area contributed by atoms with Gasteiger partial charge in [0, 0.05) is 12.7 Å². The van der Waals surface area contributed by atoms with E-state index in [1.54, 1.807) is 6.20 Å². The highest BCUT2D eigenvalue weighted by molar-refractivity contribution is 6.32. The van der Waals surface area contributed by atoms with Crippen LogP contribution in [0.2, 0.25) is 5.02 Å². The molecule has 0 aliphatic carbocycles. The summed E-state index contributed by atoms with van der Waals surface area (Å²) in [5.41, 5.74) is 1.01. The Morgan fingerprint density at radius 1 is 1.14 bits per heavy atom. The van der Waals surface area contributed by atoms with Gasteiger partial charge in [0.2, 0.25) is 0 Å². The van der Waals surface area contributed by atoms with E-state index in [1.807, 2.05) is 44.2 Å². The van der Waals surface area contributed by atoms with Crippen LogP contribution in [0.15, 0.2) is 36.5 Å². The maximum atomic E-state index is 6.28. The fraction of sp³-hybridized carbons (Fsp3) is 0.312. The predicted octanol–water partition coefficient (Wildman–Crippen LogP) is 4.14. The molecule has 0 spiro atoms. The molecule has 0 amide bonds. The smallest absolute Gasteiger partial charge is 0.179 e. The van der Waals surface area contributed by atoms with Crippen LogP contribution >= 0.6 is 11.6 Å². The maximum absolute atomic E-state index is 6.28. The van der Waals surface area contributed by atoms with E-state index in [4.69, 9.17) is 21.1 Å². The first-order chi connectivity index (χ1) is 10.2. The van der Waals surface area contributed by atoms with Gasteiger partial charge in [0.25, 0.3) is 0 Å². The van der Waals surface area contributed by atoms with Gasteiger partial charge in [0.15, 0.2) is 11.5 Å². The van der Waals surface area contributed by atoms with Gasteiger partial charge in [0.05, 0.1) is 18.2 Å². The molecule has 0 atom stereocenters. The fourth-order valence-electron chi connectivity index (χ4n) is 1.93. The summed E-state index contributed by atoms with van der Waals surface area (Å²) in [6.07, 6.45) is 1.75. The Morgan fingerprint density at radius 3 is 2.62 bits per heavy atom. The van der Waals surface area contributed by atoms with Crippen LogP contribution in [0.3, 0.4) is 0 Å². The molecule has 0 fully saturated rings. The number of rotatable bonds is 7. The molecule has 21 heavy (non-hydrogen) atoms. The van der Waals surface area contributed by atoms with Crippen molar-refractivity contribution in [1.82, 2.24) is 4.98 Å². The van der Waals surface area contributed by atoms with Crippen LogP contribution in [0.4, 0.5) is 5.82 Å². The SMILES string of the molecule is CCOc1cc(CNc2ccccn2)cc(Cl)c1OCC. The number of benzene rings is 1. The summed E-state index contributed by atoms with van der Waals surface area (Å²) in [5.74, 6) is 2.09. The van der Waals surface area contributed by atoms with Crippen molar-refractivity contribution in [2.45, 2.75) is 20.4 Å². The summed E-state index contributed by atoms with van der Waals surface area (Å²) in [5, 5.41) is 3.80. The van der Waals surface area contributed by atoms with Crippen molar-refractivity contribution in [3.8, 4) is 11.5 Å². The van der Waals surface area contributed by atoms with E-state index in [-0.39, 0.29) is 0 Å². The zero-order valence-corrected chi connectivity index (χ0v) is 13.0. The van der Waals surface area contributed by atoms with Crippen LogP contribution in [0.5, 0.6) is 11.5 Å². The number of halogens is 1. The number of hydrogen-bond donors (Lipinski definition) is 1. The minimum Gasteiger partial charge on any atom is -0.490 e. The molecular weight excluding hydrogens is 288 g/mol. The van der Waals surface area contributed by atoms with E-state index >= 15 is 0 Å². The molecule has 0 aliphatic rings. The lowest BCUT2D eigenvalue weighted by atomic mass is 10.2. The molecule has 1 aromatic carbocycles. The maximum Gasteiger partial charge on any atom is 0.179 e. The molecular formula is C16H19ClN2O2. The van der Waals surface area contributed by atoms with Crippen LogP contribution in [0.1, 0.15) is 19.4 Å². The number of hydrogen-bond acceptors (Lipinski definition) is 4.